The Hall–Kier alpha value is -0.900. The Balaban J connectivity index is 2.42. The van der Waals surface area contributed by atoms with Gasteiger partial charge in [0.25, 0.3) is 0 Å². The van der Waals surface area contributed by atoms with Crippen LogP contribution in [-0.2, 0) is 12.6 Å². The number of aromatic nitrogens is 3. The maximum atomic E-state index is 10.4. The Labute approximate surface area is 77.6 Å². The summed E-state index contributed by atoms with van der Waals surface area (Å²) in [4.78, 5) is 4.11. The van der Waals surface area contributed by atoms with E-state index in [1.807, 2.05) is 7.05 Å². The first-order valence-corrected chi connectivity index (χ1v) is 4.54. The Morgan fingerprint density at radius 2 is 2.15 bits per heavy atom. The van der Waals surface area contributed by atoms with E-state index in [1.165, 1.54) is 6.33 Å². The molecule has 2 rings (SSSR count). The molecule has 1 fully saturated rings. The minimum Gasteiger partial charge on any atom is -0.381 e. The molecule has 1 aliphatic rings. The highest BCUT2D eigenvalue weighted by atomic mass is 16.3. The fraction of sp³-hybridized carbons (Fsp3) is 0.778. The van der Waals surface area contributed by atoms with Gasteiger partial charge in [-0.05, 0) is 12.8 Å². The van der Waals surface area contributed by atoms with Gasteiger partial charge < -0.3 is 5.11 Å². The third kappa shape index (κ3) is 0.950. The molecule has 0 bridgehead atoms. The van der Waals surface area contributed by atoms with E-state index in [-0.39, 0.29) is 5.41 Å². The average molecular weight is 181 g/mol. The predicted octanol–water partition coefficient (Wildman–Crippen LogP) is 0.823. The van der Waals surface area contributed by atoms with E-state index in [2.05, 4.69) is 23.9 Å². The average Bonchev–Trinajstić information content (AvgIpc) is 2.48. The zero-order valence-electron chi connectivity index (χ0n) is 8.28. The lowest BCUT2D eigenvalue weighted by atomic mass is 9.58. The number of hydrogen-bond donors (Lipinski definition) is 1. The second-order valence-electron chi connectivity index (χ2n) is 4.45. The molecule has 1 aliphatic carbocycles. The standard InChI is InChI=1S/C9H15N3O/c1-8(2)4-5-9(8,13)7-10-6-11-12(7)3/h6,13H,4-5H2,1-3H3. The molecule has 1 unspecified atom stereocenters. The van der Waals surface area contributed by atoms with Gasteiger partial charge in [-0.1, -0.05) is 13.8 Å². The van der Waals surface area contributed by atoms with Gasteiger partial charge in [0, 0.05) is 12.5 Å². The molecule has 72 valence electrons. The normalized spacial score (nSPS) is 31.4. The van der Waals surface area contributed by atoms with Crippen LogP contribution in [0.25, 0.3) is 0 Å². The van der Waals surface area contributed by atoms with Gasteiger partial charge >= 0.3 is 0 Å². The lowest BCUT2D eigenvalue weighted by molar-refractivity contribution is -0.163. The summed E-state index contributed by atoms with van der Waals surface area (Å²) >= 11 is 0. The van der Waals surface area contributed by atoms with Crippen LogP contribution in [0.5, 0.6) is 0 Å². The summed E-state index contributed by atoms with van der Waals surface area (Å²) in [5, 5.41) is 14.3. The molecule has 0 aromatic carbocycles. The second kappa shape index (κ2) is 2.32. The zero-order valence-corrected chi connectivity index (χ0v) is 8.28. The number of nitrogens with zero attached hydrogens (tertiary/aromatic N) is 3. The molecule has 0 saturated heterocycles. The van der Waals surface area contributed by atoms with Gasteiger partial charge in [-0.2, -0.15) is 5.10 Å². The highest BCUT2D eigenvalue weighted by molar-refractivity contribution is 5.14. The Kier molecular flexibility index (Phi) is 1.55. The molecule has 1 aromatic heterocycles. The van der Waals surface area contributed by atoms with Gasteiger partial charge in [-0.15, -0.1) is 0 Å². The molecule has 1 aromatic rings. The zero-order chi connectivity index (χ0) is 9.69. The third-order valence-electron chi connectivity index (χ3n) is 3.31. The molecule has 1 heterocycles. The van der Waals surface area contributed by atoms with Crippen LogP contribution in [0.2, 0.25) is 0 Å². The van der Waals surface area contributed by atoms with Crippen LogP contribution >= 0.6 is 0 Å². The van der Waals surface area contributed by atoms with E-state index >= 15 is 0 Å². The van der Waals surface area contributed by atoms with E-state index in [9.17, 15) is 5.11 Å². The quantitative estimate of drug-likeness (QED) is 0.698. The second-order valence-corrected chi connectivity index (χ2v) is 4.45. The molecule has 0 aliphatic heterocycles. The summed E-state index contributed by atoms with van der Waals surface area (Å²) in [6.45, 7) is 4.12. The molecule has 0 spiro atoms. The van der Waals surface area contributed by atoms with Gasteiger partial charge in [0.05, 0.1) is 0 Å². The van der Waals surface area contributed by atoms with E-state index in [4.69, 9.17) is 0 Å². The van der Waals surface area contributed by atoms with Crippen molar-refractivity contribution in [1.82, 2.24) is 14.8 Å². The molecule has 0 radical (unpaired) electrons. The number of hydrogen-bond acceptors (Lipinski definition) is 3. The highest BCUT2D eigenvalue weighted by Crippen LogP contribution is 2.54. The van der Waals surface area contributed by atoms with Crippen LogP contribution in [0.15, 0.2) is 6.33 Å². The first-order chi connectivity index (χ1) is 5.97. The van der Waals surface area contributed by atoms with Crippen molar-refractivity contribution in [3.63, 3.8) is 0 Å². The van der Waals surface area contributed by atoms with E-state index in [0.29, 0.717) is 5.82 Å². The Morgan fingerprint density at radius 1 is 1.46 bits per heavy atom. The number of rotatable bonds is 1. The van der Waals surface area contributed by atoms with Crippen LogP contribution in [0.1, 0.15) is 32.5 Å². The highest BCUT2D eigenvalue weighted by Gasteiger charge is 2.55. The van der Waals surface area contributed by atoms with Crippen molar-refractivity contribution in [3.05, 3.63) is 12.2 Å². The Morgan fingerprint density at radius 3 is 2.46 bits per heavy atom. The van der Waals surface area contributed by atoms with Gasteiger partial charge in [0.15, 0.2) is 5.82 Å². The Bertz CT molecular complexity index is 331. The van der Waals surface area contributed by atoms with Crippen LogP contribution in [0, 0.1) is 5.41 Å². The predicted molar refractivity (Wildman–Crippen MR) is 47.9 cm³/mol. The van der Waals surface area contributed by atoms with Crippen LogP contribution in [0.3, 0.4) is 0 Å². The van der Waals surface area contributed by atoms with Gasteiger partial charge in [-0.25, -0.2) is 4.98 Å². The van der Waals surface area contributed by atoms with Crippen molar-refractivity contribution in [3.8, 4) is 0 Å². The van der Waals surface area contributed by atoms with Crippen LogP contribution in [-0.4, -0.2) is 19.9 Å². The summed E-state index contributed by atoms with van der Waals surface area (Å²) < 4.78 is 1.65. The maximum absolute atomic E-state index is 10.4. The first-order valence-electron chi connectivity index (χ1n) is 4.54. The SMILES string of the molecule is Cn1ncnc1C1(O)CCC1(C)C. The fourth-order valence-electron chi connectivity index (χ4n) is 1.95. The molecule has 4 heteroatoms. The molecular formula is C9H15N3O. The topological polar surface area (TPSA) is 50.9 Å². The summed E-state index contributed by atoms with van der Waals surface area (Å²) in [5.41, 5.74) is -0.855. The van der Waals surface area contributed by atoms with Crippen molar-refractivity contribution >= 4 is 0 Å². The molecule has 4 nitrogen and oxygen atoms in total. The summed E-state index contributed by atoms with van der Waals surface area (Å²) in [6, 6.07) is 0. The molecule has 13 heavy (non-hydrogen) atoms. The smallest absolute Gasteiger partial charge is 0.159 e. The maximum Gasteiger partial charge on any atom is 0.159 e. The number of aryl methyl sites for hydroxylation is 1. The van der Waals surface area contributed by atoms with E-state index < -0.39 is 5.60 Å². The lowest BCUT2D eigenvalue weighted by Gasteiger charge is -2.51. The largest absolute Gasteiger partial charge is 0.381 e. The summed E-state index contributed by atoms with van der Waals surface area (Å²) in [5.74, 6) is 0.684. The van der Waals surface area contributed by atoms with Crippen molar-refractivity contribution in [1.29, 1.82) is 0 Å². The lowest BCUT2D eigenvalue weighted by Crippen LogP contribution is -2.52. The van der Waals surface area contributed by atoms with Crippen molar-refractivity contribution in [2.45, 2.75) is 32.3 Å². The monoisotopic (exact) mass is 181 g/mol. The summed E-state index contributed by atoms with van der Waals surface area (Å²) in [7, 11) is 1.81. The number of aliphatic hydroxyl groups is 1. The third-order valence-corrected chi connectivity index (χ3v) is 3.31. The summed E-state index contributed by atoms with van der Waals surface area (Å²) in [6.07, 6.45) is 3.31. The van der Waals surface area contributed by atoms with Gasteiger partial charge in [-0.3, -0.25) is 4.68 Å². The molecule has 1 saturated carbocycles. The molecular weight excluding hydrogens is 166 g/mol. The fourth-order valence-corrected chi connectivity index (χ4v) is 1.95. The van der Waals surface area contributed by atoms with Crippen molar-refractivity contribution in [2.24, 2.45) is 12.5 Å². The van der Waals surface area contributed by atoms with Crippen LogP contribution < -0.4 is 0 Å². The molecule has 1 N–H and O–H groups in total. The van der Waals surface area contributed by atoms with Crippen LogP contribution in [0.4, 0.5) is 0 Å². The van der Waals surface area contributed by atoms with Gasteiger partial charge in [0.2, 0.25) is 0 Å². The minimum atomic E-state index is -0.780. The molecule has 1 atom stereocenters. The van der Waals surface area contributed by atoms with Crippen molar-refractivity contribution in [2.75, 3.05) is 0 Å². The van der Waals surface area contributed by atoms with Crippen molar-refractivity contribution < 1.29 is 5.11 Å². The first kappa shape index (κ1) is 8.69. The minimum absolute atomic E-state index is 0.0756. The molecule has 0 amide bonds. The van der Waals surface area contributed by atoms with E-state index in [0.717, 1.165) is 12.8 Å². The van der Waals surface area contributed by atoms with E-state index in [1.54, 1.807) is 4.68 Å². The van der Waals surface area contributed by atoms with Gasteiger partial charge in [0.1, 0.15) is 11.9 Å².